The van der Waals surface area contributed by atoms with Gasteiger partial charge in [0.05, 0.1) is 25.5 Å². The zero-order valence-corrected chi connectivity index (χ0v) is 16.6. The average Bonchev–Trinajstić information content (AvgIpc) is 2.96. The minimum atomic E-state index is -0.303. The molecule has 0 unspecified atom stereocenters. The molecule has 3 rings (SSSR count). The largest absolute Gasteiger partial charge is 0.497 e. The number of hydrogen-bond donors (Lipinski definition) is 1. The molecule has 0 aliphatic heterocycles. The quantitative estimate of drug-likeness (QED) is 0.588. The van der Waals surface area contributed by atoms with E-state index in [2.05, 4.69) is 20.3 Å². The van der Waals surface area contributed by atoms with Crippen LogP contribution in [-0.2, 0) is 9.47 Å². The molecular formula is C20H20N4O3S. The van der Waals surface area contributed by atoms with E-state index < -0.39 is 0 Å². The first kappa shape index (κ1) is 19.6. The predicted octanol–water partition coefficient (Wildman–Crippen LogP) is 3.69. The normalized spacial score (nSPS) is 13.6. The molecule has 1 amide bonds. The van der Waals surface area contributed by atoms with Crippen molar-refractivity contribution >= 4 is 28.9 Å². The number of pyridine rings is 1. The Morgan fingerprint density at radius 3 is 2.68 bits per heavy atom. The number of ether oxygens (including phenoxy) is 2. The summed E-state index contributed by atoms with van der Waals surface area (Å²) in [6, 6.07) is 3.44. The first-order valence-electron chi connectivity index (χ1n) is 8.48. The second kappa shape index (κ2) is 9.18. The maximum Gasteiger partial charge on any atom is 0.259 e. The Kier molecular flexibility index (Phi) is 6.44. The third-order valence-corrected chi connectivity index (χ3v) is 4.60. The van der Waals surface area contributed by atoms with Crippen LogP contribution < -0.4 is 5.32 Å². The number of nitrogens with one attached hydrogen (secondary N) is 1. The number of aromatic nitrogens is 3. The molecule has 0 bridgehead atoms. The molecular weight excluding hydrogens is 376 g/mol. The van der Waals surface area contributed by atoms with Gasteiger partial charge in [-0.25, -0.2) is 9.97 Å². The van der Waals surface area contributed by atoms with Crippen molar-refractivity contribution in [3.05, 3.63) is 71.7 Å². The van der Waals surface area contributed by atoms with Crippen molar-refractivity contribution in [1.82, 2.24) is 15.0 Å². The number of allylic oxidation sites excluding steroid dienone is 4. The summed E-state index contributed by atoms with van der Waals surface area (Å²) < 4.78 is 10.9. The molecule has 1 aliphatic rings. The van der Waals surface area contributed by atoms with Gasteiger partial charge in [-0.15, -0.1) is 0 Å². The van der Waals surface area contributed by atoms with Gasteiger partial charge in [-0.3, -0.25) is 9.78 Å². The number of rotatable bonds is 6. The summed E-state index contributed by atoms with van der Waals surface area (Å²) in [5.74, 6) is 0.991. The lowest BCUT2D eigenvalue weighted by Crippen LogP contribution is -2.16. The molecule has 8 heteroatoms. The van der Waals surface area contributed by atoms with Gasteiger partial charge in [-0.2, -0.15) is 0 Å². The van der Waals surface area contributed by atoms with Crippen LogP contribution in [0.4, 0.5) is 5.69 Å². The minimum absolute atomic E-state index is 0.303. The monoisotopic (exact) mass is 396 g/mol. The number of nitrogens with zero attached hydrogens (tertiary/aromatic N) is 3. The van der Waals surface area contributed by atoms with E-state index in [1.807, 2.05) is 24.5 Å². The summed E-state index contributed by atoms with van der Waals surface area (Å²) in [7, 11) is 3.18. The van der Waals surface area contributed by atoms with E-state index in [4.69, 9.17) is 9.47 Å². The van der Waals surface area contributed by atoms with E-state index in [-0.39, 0.29) is 5.91 Å². The summed E-state index contributed by atoms with van der Waals surface area (Å²) in [6.07, 6.45) is 12.9. The summed E-state index contributed by atoms with van der Waals surface area (Å²) in [5.41, 5.74) is 2.27. The Labute approximate surface area is 167 Å². The highest BCUT2D eigenvalue weighted by atomic mass is 32.2. The van der Waals surface area contributed by atoms with Crippen LogP contribution in [0.3, 0.4) is 0 Å². The van der Waals surface area contributed by atoms with Gasteiger partial charge in [-0.05, 0) is 24.5 Å². The van der Waals surface area contributed by atoms with Gasteiger partial charge in [0, 0.05) is 36.3 Å². The van der Waals surface area contributed by atoms with E-state index in [9.17, 15) is 4.79 Å². The molecule has 0 atom stereocenters. The van der Waals surface area contributed by atoms with Gasteiger partial charge in [0.15, 0.2) is 10.9 Å². The smallest absolute Gasteiger partial charge is 0.259 e. The lowest BCUT2D eigenvalue weighted by molar-refractivity contribution is 0.102. The SMILES string of the molecule is COC1=C(OC)CC=CC(c2nc(SC)ncc2C(=O)Nc2ccncc2)=C1. The molecule has 0 spiro atoms. The molecule has 7 nitrogen and oxygen atoms in total. The fourth-order valence-corrected chi connectivity index (χ4v) is 2.99. The van der Waals surface area contributed by atoms with E-state index in [1.54, 1.807) is 38.7 Å². The highest BCUT2D eigenvalue weighted by Crippen LogP contribution is 2.27. The van der Waals surface area contributed by atoms with Crippen LogP contribution >= 0.6 is 11.8 Å². The number of methoxy groups -OCH3 is 2. The van der Waals surface area contributed by atoms with Crippen molar-refractivity contribution in [2.24, 2.45) is 0 Å². The molecule has 1 N–H and O–H groups in total. The van der Waals surface area contributed by atoms with Crippen LogP contribution in [0, 0.1) is 0 Å². The second-order valence-electron chi connectivity index (χ2n) is 5.71. The molecule has 0 saturated carbocycles. The van der Waals surface area contributed by atoms with Gasteiger partial charge in [0.2, 0.25) is 0 Å². The Balaban J connectivity index is 2.05. The Bertz CT molecular complexity index is 955. The van der Waals surface area contributed by atoms with E-state index in [0.29, 0.717) is 40.0 Å². The minimum Gasteiger partial charge on any atom is -0.497 e. The molecule has 2 aromatic heterocycles. The fourth-order valence-electron chi connectivity index (χ4n) is 2.65. The van der Waals surface area contributed by atoms with Crippen molar-refractivity contribution in [3.63, 3.8) is 0 Å². The first-order valence-corrected chi connectivity index (χ1v) is 9.71. The zero-order valence-electron chi connectivity index (χ0n) is 15.8. The topological polar surface area (TPSA) is 86.2 Å². The van der Waals surface area contributed by atoms with Gasteiger partial charge >= 0.3 is 0 Å². The Hall–Kier alpha value is -3.13. The van der Waals surface area contributed by atoms with Crippen LogP contribution in [0.2, 0.25) is 0 Å². The number of hydrogen-bond acceptors (Lipinski definition) is 7. The van der Waals surface area contributed by atoms with Crippen molar-refractivity contribution in [3.8, 4) is 0 Å². The maximum atomic E-state index is 12.9. The standard InChI is InChI=1S/C20H20N4O3S/c1-26-16-6-4-5-13(11-17(16)27-2)18-15(12-22-20(24-18)28-3)19(25)23-14-7-9-21-10-8-14/h4-5,7-12H,6H2,1-3H3,(H,21,23,25). The van der Waals surface area contributed by atoms with Gasteiger partial charge in [-0.1, -0.05) is 23.9 Å². The average molecular weight is 396 g/mol. The lowest BCUT2D eigenvalue weighted by Gasteiger charge is -2.12. The number of amides is 1. The van der Waals surface area contributed by atoms with E-state index >= 15 is 0 Å². The first-order chi connectivity index (χ1) is 13.7. The third-order valence-electron chi connectivity index (χ3n) is 4.03. The Morgan fingerprint density at radius 2 is 2.00 bits per heavy atom. The van der Waals surface area contributed by atoms with Crippen molar-refractivity contribution in [2.45, 2.75) is 11.6 Å². The molecule has 2 heterocycles. The number of carbonyl (C=O) groups excluding carboxylic acids is 1. The predicted molar refractivity (Wildman–Crippen MR) is 109 cm³/mol. The third kappa shape index (κ3) is 4.40. The molecule has 0 radical (unpaired) electrons. The van der Waals surface area contributed by atoms with Crippen molar-refractivity contribution in [2.75, 3.05) is 25.8 Å². The highest BCUT2D eigenvalue weighted by molar-refractivity contribution is 7.98. The van der Waals surface area contributed by atoms with Gasteiger partial charge in [0.1, 0.15) is 5.76 Å². The molecule has 1 aliphatic carbocycles. The summed E-state index contributed by atoms with van der Waals surface area (Å²) in [4.78, 5) is 25.7. The van der Waals surface area contributed by atoms with Crippen LogP contribution in [-0.4, -0.2) is 41.3 Å². The lowest BCUT2D eigenvalue weighted by atomic mass is 10.1. The van der Waals surface area contributed by atoms with Crippen LogP contribution in [0.15, 0.2) is 65.6 Å². The van der Waals surface area contributed by atoms with Crippen molar-refractivity contribution < 1.29 is 14.3 Å². The summed E-state index contributed by atoms with van der Waals surface area (Å²) in [5, 5.41) is 3.42. The fraction of sp³-hybridized carbons (Fsp3) is 0.200. The number of anilines is 1. The van der Waals surface area contributed by atoms with Crippen LogP contribution in [0.25, 0.3) is 5.57 Å². The molecule has 2 aromatic rings. The van der Waals surface area contributed by atoms with E-state index in [0.717, 1.165) is 5.57 Å². The van der Waals surface area contributed by atoms with Crippen LogP contribution in [0.1, 0.15) is 22.5 Å². The molecule has 0 fully saturated rings. The highest BCUT2D eigenvalue weighted by Gasteiger charge is 2.19. The summed E-state index contributed by atoms with van der Waals surface area (Å²) >= 11 is 1.41. The van der Waals surface area contributed by atoms with E-state index in [1.165, 1.54) is 18.0 Å². The van der Waals surface area contributed by atoms with Crippen molar-refractivity contribution in [1.29, 1.82) is 0 Å². The molecule has 144 valence electrons. The Morgan fingerprint density at radius 1 is 1.21 bits per heavy atom. The second-order valence-corrected chi connectivity index (χ2v) is 6.48. The molecule has 28 heavy (non-hydrogen) atoms. The van der Waals surface area contributed by atoms with Gasteiger partial charge < -0.3 is 14.8 Å². The van der Waals surface area contributed by atoms with Crippen LogP contribution in [0.5, 0.6) is 0 Å². The molecule has 0 saturated heterocycles. The maximum absolute atomic E-state index is 12.9. The number of carbonyl (C=O) groups is 1. The zero-order chi connectivity index (χ0) is 19.9. The van der Waals surface area contributed by atoms with Gasteiger partial charge in [0.25, 0.3) is 5.91 Å². The molecule has 0 aromatic carbocycles. The number of thioether (sulfide) groups is 1. The summed E-state index contributed by atoms with van der Waals surface area (Å²) in [6.45, 7) is 0.